The van der Waals surface area contributed by atoms with Gasteiger partial charge in [-0.3, -0.25) is 29.6 Å². The molecule has 3 aromatic rings. The van der Waals surface area contributed by atoms with Crippen molar-refractivity contribution >= 4 is 40.2 Å². The second-order valence-corrected chi connectivity index (χ2v) is 6.31. The molecule has 1 aliphatic rings. The molecule has 2 N–H and O–H groups in total. The molecule has 2 heterocycles. The second kappa shape index (κ2) is 6.20. The Hall–Kier alpha value is -3.75. The third-order valence-corrected chi connectivity index (χ3v) is 4.53. The lowest BCUT2D eigenvalue weighted by Gasteiger charge is -2.25. The van der Waals surface area contributed by atoms with Gasteiger partial charge in [0.1, 0.15) is 6.04 Å². The Balaban J connectivity index is 1.72. The number of nitro groups is 1. The Morgan fingerprint density at radius 3 is 2.89 bits per heavy atom. The number of imidazole rings is 1. The van der Waals surface area contributed by atoms with Gasteiger partial charge in [0.15, 0.2) is 0 Å². The third kappa shape index (κ3) is 2.88. The Labute approximate surface area is 153 Å². The molecule has 0 aliphatic carbocycles. The average Bonchev–Trinajstić information content (AvgIpc) is 3.00. The number of non-ortho nitro benzene ring substituents is 1. The summed E-state index contributed by atoms with van der Waals surface area (Å²) in [6.45, 7) is 1.74. The van der Waals surface area contributed by atoms with E-state index in [0.29, 0.717) is 22.7 Å². The van der Waals surface area contributed by atoms with Crippen molar-refractivity contribution in [2.75, 3.05) is 10.6 Å². The van der Waals surface area contributed by atoms with Gasteiger partial charge in [0.25, 0.3) is 5.69 Å². The number of hydrogen-bond donors (Lipinski definition) is 2. The van der Waals surface area contributed by atoms with Crippen LogP contribution in [-0.2, 0) is 9.59 Å². The van der Waals surface area contributed by atoms with Crippen LogP contribution >= 0.6 is 0 Å². The maximum absolute atomic E-state index is 12.9. The van der Waals surface area contributed by atoms with Crippen molar-refractivity contribution in [2.24, 2.45) is 0 Å². The van der Waals surface area contributed by atoms with Gasteiger partial charge in [0.2, 0.25) is 17.8 Å². The zero-order valence-electron chi connectivity index (χ0n) is 14.3. The average molecular weight is 365 g/mol. The maximum atomic E-state index is 12.9. The van der Waals surface area contributed by atoms with Gasteiger partial charge in [0.05, 0.1) is 28.1 Å². The molecular weight excluding hydrogens is 350 g/mol. The number of aryl methyl sites for hydroxylation is 1. The molecule has 2 amide bonds. The smallest absolute Gasteiger partial charge is 0.271 e. The minimum absolute atomic E-state index is 0.0485. The van der Waals surface area contributed by atoms with Crippen LogP contribution in [0.5, 0.6) is 0 Å². The molecule has 9 heteroatoms. The van der Waals surface area contributed by atoms with Crippen LogP contribution in [-0.4, -0.2) is 26.3 Å². The van der Waals surface area contributed by atoms with Crippen LogP contribution in [0.4, 0.5) is 17.3 Å². The van der Waals surface area contributed by atoms with Gasteiger partial charge >= 0.3 is 0 Å². The number of nitrogens with zero attached hydrogens (tertiary/aromatic N) is 3. The zero-order valence-corrected chi connectivity index (χ0v) is 14.3. The SMILES string of the molecule is Cc1ccc([N+](=O)[O-])cc1NC(=O)[C@@H]1CC(=O)Nc2nc3ccccc3n21. The summed E-state index contributed by atoms with van der Waals surface area (Å²) in [6.07, 6.45) is -0.0485. The van der Waals surface area contributed by atoms with E-state index >= 15 is 0 Å². The quantitative estimate of drug-likeness (QED) is 0.546. The number of nitrogens with one attached hydrogen (secondary N) is 2. The molecule has 136 valence electrons. The van der Waals surface area contributed by atoms with Crippen molar-refractivity contribution < 1.29 is 14.5 Å². The van der Waals surface area contributed by atoms with E-state index in [-0.39, 0.29) is 18.0 Å². The molecule has 1 aliphatic heterocycles. The Morgan fingerprint density at radius 1 is 1.33 bits per heavy atom. The number of aromatic nitrogens is 2. The first-order chi connectivity index (χ1) is 12.9. The number of carbonyl (C=O) groups is 2. The number of benzene rings is 2. The predicted octanol–water partition coefficient (Wildman–Crippen LogP) is 2.77. The highest BCUT2D eigenvalue weighted by molar-refractivity contribution is 6.03. The topological polar surface area (TPSA) is 119 Å². The molecule has 0 bridgehead atoms. The van der Waals surface area contributed by atoms with Crippen molar-refractivity contribution in [3.8, 4) is 0 Å². The van der Waals surface area contributed by atoms with Gasteiger partial charge in [-0.2, -0.15) is 0 Å². The summed E-state index contributed by atoms with van der Waals surface area (Å²) in [5, 5.41) is 16.4. The Kier molecular flexibility index (Phi) is 3.84. The van der Waals surface area contributed by atoms with E-state index in [1.165, 1.54) is 12.1 Å². The zero-order chi connectivity index (χ0) is 19.1. The molecule has 9 nitrogen and oxygen atoms in total. The summed E-state index contributed by atoms with van der Waals surface area (Å²) in [5.41, 5.74) is 2.30. The van der Waals surface area contributed by atoms with Gasteiger partial charge in [-0.05, 0) is 24.6 Å². The van der Waals surface area contributed by atoms with Crippen LogP contribution in [0, 0.1) is 17.0 Å². The first kappa shape index (κ1) is 16.7. The van der Waals surface area contributed by atoms with E-state index in [1.54, 1.807) is 23.6 Å². The fourth-order valence-electron chi connectivity index (χ4n) is 3.17. The molecular formula is C18H15N5O4. The Morgan fingerprint density at radius 2 is 2.11 bits per heavy atom. The molecule has 0 radical (unpaired) electrons. The molecule has 1 atom stereocenters. The van der Waals surface area contributed by atoms with Crippen molar-refractivity contribution in [3.63, 3.8) is 0 Å². The van der Waals surface area contributed by atoms with Crippen LogP contribution < -0.4 is 10.6 Å². The van der Waals surface area contributed by atoms with Crippen LogP contribution in [0.3, 0.4) is 0 Å². The van der Waals surface area contributed by atoms with E-state index in [4.69, 9.17) is 0 Å². The number of anilines is 2. The highest BCUT2D eigenvalue weighted by Crippen LogP contribution is 2.31. The molecule has 4 rings (SSSR count). The summed E-state index contributed by atoms with van der Waals surface area (Å²) >= 11 is 0. The summed E-state index contributed by atoms with van der Waals surface area (Å²) < 4.78 is 1.68. The van der Waals surface area contributed by atoms with Gasteiger partial charge < -0.3 is 5.32 Å². The van der Waals surface area contributed by atoms with Crippen LogP contribution in [0.2, 0.25) is 0 Å². The largest absolute Gasteiger partial charge is 0.324 e. The third-order valence-electron chi connectivity index (χ3n) is 4.53. The number of carbonyl (C=O) groups excluding carboxylic acids is 2. The molecule has 2 aromatic carbocycles. The van der Waals surface area contributed by atoms with Crippen molar-refractivity contribution in [1.82, 2.24) is 9.55 Å². The number of amides is 2. The molecule has 0 saturated heterocycles. The number of para-hydroxylation sites is 2. The Bertz CT molecular complexity index is 1100. The molecule has 0 unspecified atom stereocenters. The highest BCUT2D eigenvalue weighted by atomic mass is 16.6. The first-order valence-electron chi connectivity index (χ1n) is 8.27. The lowest BCUT2D eigenvalue weighted by atomic mass is 10.1. The van der Waals surface area contributed by atoms with Crippen LogP contribution in [0.1, 0.15) is 18.0 Å². The van der Waals surface area contributed by atoms with E-state index in [0.717, 1.165) is 5.52 Å². The fourth-order valence-corrected chi connectivity index (χ4v) is 3.17. The fraction of sp³-hybridized carbons (Fsp3) is 0.167. The number of nitro benzene ring substituents is 1. The molecule has 0 spiro atoms. The maximum Gasteiger partial charge on any atom is 0.271 e. The minimum atomic E-state index is -0.806. The normalized spacial score (nSPS) is 15.9. The van der Waals surface area contributed by atoms with Crippen molar-refractivity contribution in [1.29, 1.82) is 0 Å². The first-order valence-corrected chi connectivity index (χ1v) is 8.27. The van der Waals surface area contributed by atoms with Crippen molar-refractivity contribution in [3.05, 3.63) is 58.1 Å². The number of fused-ring (bicyclic) bond motifs is 3. The van der Waals surface area contributed by atoms with Crippen LogP contribution in [0.15, 0.2) is 42.5 Å². The van der Waals surface area contributed by atoms with E-state index < -0.39 is 16.9 Å². The van der Waals surface area contributed by atoms with Crippen molar-refractivity contribution in [2.45, 2.75) is 19.4 Å². The van der Waals surface area contributed by atoms with Gasteiger partial charge in [-0.15, -0.1) is 0 Å². The molecule has 0 fully saturated rings. The standard InChI is InChI=1S/C18H15N5O4/c1-10-6-7-11(23(26)27)8-13(10)19-17(25)15-9-16(24)21-18-20-12-4-2-3-5-14(12)22(15)18/h2-8,15H,9H2,1H3,(H,19,25)(H,20,21,24)/t15-/m0/s1. The van der Waals surface area contributed by atoms with Crippen LogP contribution in [0.25, 0.3) is 11.0 Å². The highest BCUT2D eigenvalue weighted by Gasteiger charge is 2.33. The molecule has 1 aromatic heterocycles. The van der Waals surface area contributed by atoms with E-state index in [9.17, 15) is 19.7 Å². The second-order valence-electron chi connectivity index (χ2n) is 6.31. The van der Waals surface area contributed by atoms with Gasteiger partial charge in [-0.25, -0.2) is 4.98 Å². The summed E-state index contributed by atoms with van der Waals surface area (Å²) in [6, 6.07) is 10.7. The lowest BCUT2D eigenvalue weighted by Crippen LogP contribution is -2.35. The summed E-state index contributed by atoms with van der Waals surface area (Å²) in [4.78, 5) is 39.8. The van der Waals surface area contributed by atoms with Gasteiger partial charge in [0, 0.05) is 12.1 Å². The predicted molar refractivity (Wildman–Crippen MR) is 98.5 cm³/mol. The number of rotatable bonds is 3. The summed E-state index contributed by atoms with van der Waals surface area (Å²) in [7, 11) is 0. The molecule has 27 heavy (non-hydrogen) atoms. The summed E-state index contributed by atoms with van der Waals surface area (Å²) in [5.74, 6) is -0.435. The molecule has 0 saturated carbocycles. The van der Waals surface area contributed by atoms with E-state index in [2.05, 4.69) is 15.6 Å². The minimum Gasteiger partial charge on any atom is -0.324 e. The van der Waals surface area contributed by atoms with E-state index in [1.807, 2.05) is 18.2 Å². The monoisotopic (exact) mass is 365 g/mol. The van der Waals surface area contributed by atoms with Gasteiger partial charge in [-0.1, -0.05) is 18.2 Å². The number of hydrogen-bond acceptors (Lipinski definition) is 5. The lowest BCUT2D eigenvalue weighted by molar-refractivity contribution is -0.384.